The van der Waals surface area contributed by atoms with Crippen LogP contribution < -0.4 is 14.4 Å². The number of allylic oxidation sites excluding steroid dienone is 1. The minimum atomic E-state index is -1.07. The largest absolute Gasteiger partial charge is 0.493 e. The number of carboxylic acid groups (broad SMARTS) is 1. The maximum absolute atomic E-state index is 12.5. The molecule has 0 bridgehead atoms. The van der Waals surface area contributed by atoms with Crippen molar-refractivity contribution < 1.29 is 28.9 Å². The standard InChI is InChI=1S/C22H23NO6/c1-27-21-14-16(3-9-20(21)29-15-22(25)26)2-8-19(24)17-4-6-18(7-5-17)23-10-12-28-13-11-23/h2-9,14H,10-13,15H2,1H3,(H,25,26)/b8-2+. The summed E-state index contributed by atoms with van der Waals surface area (Å²) in [5.41, 5.74) is 2.42. The molecule has 3 rings (SSSR count). The molecule has 7 nitrogen and oxygen atoms in total. The summed E-state index contributed by atoms with van der Waals surface area (Å²) >= 11 is 0. The fourth-order valence-corrected chi connectivity index (χ4v) is 2.97. The summed E-state index contributed by atoms with van der Waals surface area (Å²) in [5.74, 6) is -0.447. The lowest BCUT2D eigenvalue weighted by Gasteiger charge is -2.28. The van der Waals surface area contributed by atoms with Crippen LogP contribution in [0, 0.1) is 0 Å². The van der Waals surface area contributed by atoms with Gasteiger partial charge in [0.1, 0.15) is 0 Å². The summed E-state index contributed by atoms with van der Waals surface area (Å²) < 4.78 is 15.8. The van der Waals surface area contributed by atoms with Gasteiger partial charge in [-0.3, -0.25) is 4.79 Å². The Labute approximate surface area is 169 Å². The van der Waals surface area contributed by atoms with E-state index in [-0.39, 0.29) is 5.78 Å². The number of carbonyl (C=O) groups is 2. The summed E-state index contributed by atoms with van der Waals surface area (Å²) in [6, 6.07) is 12.6. The molecule has 1 N–H and O–H groups in total. The number of ketones is 1. The number of benzene rings is 2. The molecule has 0 aromatic heterocycles. The van der Waals surface area contributed by atoms with Gasteiger partial charge in [0, 0.05) is 24.3 Å². The molecule has 2 aromatic rings. The molecule has 1 aliphatic rings. The van der Waals surface area contributed by atoms with Gasteiger partial charge in [0.25, 0.3) is 0 Å². The predicted octanol–water partition coefficient (Wildman–Crippen LogP) is 2.89. The fourth-order valence-electron chi connectivity index (χ4n) is 2.97. The molecule has 7 heteroatoms. The second-order valence-corrected chi connectivity index (χ2v) is 6.44. The Morgan fingerprint density at radius 3 is 2.48 bits per heavy atom. The maximum Gasteiger partial charge on any atom is 0.341 e. The summed E-state index contributed by atoms with van der Waals surface area (Å²) in [4.78, 5) is 25.3. The maximum atomic E-state index is 12.5. The number of hydrogen-bond donors (Lipinski definition) is 1. The van der Waals surface area contributed by atoms with Crippen molar-refractivity contribution in [3.63, 3.8) is 0 Å². The lowest BCUT2D eigenvalue weighted by atomic mass is 10.1. The smallest absolute Gasteiger partial charge is 0.341 e. The molecule has 0 saturated carbocycles. The molecule has 1 aliphatic heterocycles. The Bertz CT molecular complexity index is 885. The van der Waals surface area contributed by atoms with Crippen LogP contribution >= 0.6 is 0 Å². The van der Waals surface area contributed by atoms with Gasteiger partial charge in [-0.15, -0.1) is 0 Å². The van der Waals surface area contributed by atoms with Crippen molar-refractivity contribution in [1.82, 2.24) is 0 Å². The zero-order valence-electron chi connectivity index (χ0n) is 16.2. The second kappa shape index (κ2) is 9.75. The number of anilines is 1. The number of carbonyl (C=O) groups excluding carboxylic acids is 1. The van der Waals surface area contributed by atoms with Crippen LogP contribution in [-0.2, 0) is 9.53 Å². The van der Waals surface area contributed by atoms with E-state index in [0.717, 1.165) is 24.3 Å². The van der Waals surface area contributed by atoms with Gasteiger partial charge in [-0.05, 0) is 48.0 Å². The van der Waals surface area contributed by atoms with Crippen molar-refractivity contribution in [3.05, 3.63) is 59.7 Å². The molecule has 0 amide bonds. The minimum Gasteiger partial charge on any atom is -0.493 e. The predicted molar refractivity (Wildman–Crippen MR) is 109 cm³/mol. The Kier molecular flexibility index (Phi) is 6.86. The molecule has 0 aliphatic carbocycles. The highest BCUT2D eigenvalue weighted by molar-refractivity contribution is 6.07. The SMILES string of the molecule is COc1cc(/C=C/C(=O)c2ccc(N3CCOCC3)cc2)ccc1OCC(=O)O. The normalized spacial score (nSPS) is 14.0. The Hall–Kier alpha value is -3.32. The third-order valence-corrected chi connectivity index (χ3v) is 4.49. The van der Waals surface area contributed by atoms with Gasteiger partial charge in [0.15, 0.2) is 23.9 Å². The molecule has 1 saturated heterocycles. The Morgan fingerprint density at radius 2 is 1.83 bits per heavy atom. The average Bonchev–Trinajstić information content (AvgIpc) is 2.77. The van der Waals surface area contributed by atoms with Gasteiger partial charge < -0.3 is 24.2 Å². The van der Waals surface area contributed by atoms with Crippen LogP contribution in [0.1, 0.15) is 15.9 Å². The number of ether oxygens (including phenoxy) is 3. The number of morpholine rings is 1. The molecular weight excluding hydrogens is 374 g/mol. The van der Waals surface area contributed by atoms with E-state index in [1.807, 2.05) is 24.3 Å². The highest BCUT2D eigenvalue weighted by atomic mass is 16.5. The molecule has 0 unspecified atom stereocenters. The molecule has 1 fully saturated rings. The first-order chi connectivity index (χ1) is 14.1. The molecule has 1 heterocycles. The van der Waals surface area contributed by atoms with Crippen molar-refractivity contribution >= 4 is 23.5 Å². The average molecular weight is 397 g/mol. The first kappa shape index (κ1) is 20.4. The van der Waals surface area contributed by atoms with E-state index in [9.17, 15) is 9.59 Å². The van der Waals surface area contributed by atoms with E-state index in [1.54, 1.807) is 24.3 Å². The number of nitrogens with zero attached hydrogens (tertiary/aromatic N) is 1. The van der Waals surface area contributed by atoms with Crippen LogP contribution in [0.2, 0.25) is 0 Å². The molecule has 2 aromatic carbocycles. The third-order valence-electron chi connectivity index (χ3n) is 4.49. The van der Waals surface area contributed by atoms with Gasteiger partial charge in [0.2, 0.25) is 0 Å². The van der Waals surface area contributed by atoms with Crippen molar-refractivity contribution in [2.24, 2.45) is 0 Å². The summed E-state index contributed by atoms with van der Waals surface area (Å²) in [7, 11) is 1.47. The summed E-state index contributed by atoms with van der Waals surface area (Å²) in [6.45, 7) is 2.67. The zero-order valence-corrected chi connectivity index (χ0v) is 16.2. The van der Waals surface area contributed by atoms with Gasteiger partial charge in [-0.2, -0.15) is 0 Å². The van der Waals surface area contributed by atoms with Gasteiger partial charge in [-0.1, -0.05) is 12.1 Å². The van der Waals surface area contributed by atoms with E-state index in [1.165, 1.54) is 13.2 Å². The first-order valence-electron chi connectivity index (χ1n) is 9.24. The highest BCUT2D eigenvalue weighted by Crippen LogP contribution is 2.28. The van der Waals surface area contributed by atoms with Crippen LogP contribution in [0.3, 0.4) is 0 Å². The monoisotopic (exact) mass is 397 g/mol. The molecule has 29 heavy (non-hydrogen) atoms. The molecule has 0 spiro atoms. The summed E-state index contributed by atoms with van der Waals surface area (Å²) in [6.07, 6.45) is 3.18. The Morgan fingerprint density at radius 1 is 1.10 bits per heavy atom. The number of carboxylic acids is 1. The van der Waals surface area contributed by atoms with Crippen LogP contribution in [-0.4, -0.2) is 56.9 Å². The fraction of sp³-hybridized carbons (Fsp3) is 0.273. The summed E-state index contributed by atoms with van der Waals surface area (Å²) in [5, 5.41) is 8.72. The van der Waals surface area contributed by atoms with Crippen molar-refractivity contribution in [2.75, 3.05) is 44.9 Å². The van der Waals surface area contributed by atoms with Crippen LogP contribution in [0.25, 0.3) is 6.08 Å². The third kappa shape index (κ3) is 5.58. The van der Waals surface area contributed by atoms with Crippen LogP contribution in [0.15, 0.2) is 48.5 Å². The highest BCUT2D eigenvalue weighted by Gasteiger charge is 2.12. The number of methoxy groups -OCH3 is 1. The molecular formula is C22H23NO6. The van der Waals surface area contributed by atoms with Gasteiger partial charge >= 0.3 is 5.97 Å². The topological polar surface area (TPSA) is 85.3 Å². The quantitative estimate of drug-likeness (QED) is 0.541. The van der Waals surface area contributed by atoms with E-state index in [0.29, 0.717) is 30.3 Å². The van der Waals surface area contributed by atoms with Crippen molar-refractivity contribution in [3.8, 4) is 11.5 Å². The number of aliphatic carboxylic acids is 1. The van der Waals surface area contributed by atoms with E-state index < -0.39 is 12.6 Å². The van der Waals surface area contributed by atoms with Crippen LogP contribution in [0.4, 0.5) is 5.69 Å². The second-order valence-electron chi connectivity index (χ2n) is 6.44. The van der Waals surface area contributed by atoms with E-state index in [4.69, 9.17) is 19.3 Å². The van der Waals surface area contributed by atoms with Crippen molar-refractivity contribution in [2.45, 2.75) is 0 Å². The van der Waals surface area contributed by atoms with Crippen LogP contribution in [0.5, 0.6) is 11.5 Å². The minimum absolute atomic E-state index is 0.108. The van der Waals surface area contributed by atoms with Gasteiger partial charge in [-0.25, -0.2) is 4.79 Å². The molecule has 0 atom stereocenters. The molecule has 152 valence electrons. The zero-order chi connectivity index (χ0) is 20.6. The lowest BCUT2D eigenvalue weighted by Crippen LogP contribution is -2.36. The lowest BCUT2D eigenvalue weighted by molar-refractivity contribution is -0.139. The number of hydrogen-bond acceptors (Lipinski definition) is 6. The van der Waals surface area contributed by atoms with E-state index in [2.05, 4.69) is 4.90 Å². The Balaban J connectivity index is 1.65. The first-order valence-corrected chi connectivity index (χ1v) is 9.24. The number of rotatable bonds is 8. The molecule has 0 radical (unpaired) electrons. The van der Waals surface area contributed by atoms with E-state index >= 15 is 0 Å². The van der Waals surface area contributed by atoms with Gasteiger partial charge in [0.05, 0.1) is 20.3 Å². The van der Waals surface area contributed by atoms with Crippen molar-refractivity contribution in [1.29, 1.82) is 0 Å².